The number of hydrogen-bond donors (Lipinski definition) is 0. The van der Waals surface area contributed by atoms with Gasteiger partial charge in [0.05, 0.1) is 36.0 Å². The molecular formula is C14H20N4O4S. The third kappa shape index (κ3) is 3.22. The van der Waals surface area contributed by atoms with Gasteiger partial charge in [-0.3, -0.25) is 4.79 Å². The van der Waals surface area contributed by atoms with Crippen LogP contribution in [-0.2, 0) is 19.6 Å². The van der Waals surface area contributed by atoms with Crippen LogP contribution in [0, 0.1) is 0 Å². The molecule has 0 bridgehead atoms. The van der Waals surface area contributed by atoms with Gasteiger partial charge < -0.3 is 9.64 Å². The molecule has 23 heavy (non-hydrogen) atoms. The second kappa shape index (κ2) is 6.14. The van der Waals surface area contributed by atoms with Gasteiger partial charge in [-0.25, -0.2) is 22.7 Å². The topological polar surface area (TPSA) is 92.7 Å². The van der Waals surface area contributed by atoms with Crippen LogP contribution in [0.5, 0.6) is 0 Å². The Balaban J connectivity index is 1.74. The zero-order chi connectivity index (χ0) is 16.5. The molecule has 0 aliphatic carbocycles. The van der Waals surface area contributed by atoms with Crippen molar-refractivity contribution in [3.8, 4) is 0 Å². The van der Waals surface area contributed by atoms with Gasteiger partial charge in [-0.15, -0.1) is 0 Å². The van der Waals surface area contributed by atoms with Crippen LogP contribution in [-0.4, -0.2) is 66.2 Å². The van der Waals surface area contributed by atoms with Crippen molar-refractivity contribution in [1.29, 1.82) is 0 Å². The van der Waals surface area contributed by atoms with Gasteiger partial charge in [0.2, 0.25) is 10.0 Å². The average molecular weight is 340 g/mol. The number of aromatic nitrogens is 2. The summed E-state index contributed by atoms with van der Waals surface area (Å²) >= 11 is 0. The Morgan fingerprint density at radius 1 is 1.26 bits per heavy atom. The van der Waals surface area contributed by atoms with E-state index in [2.05, 4.69) is 9.97 Å². The lowest BCUT2D eigenvalue weighted by Crippen LogP contribution is -2.59. The van der Waals surface area contributed by atoms with E-state index in [0.717, 1.165) is 0 Å². The van der Waals surface area contributed by atoms with Gasteiger partial charge >= 0.3 is 0 Å². The van der Waals surface area contributed by atoms with E-state index in [0.29, 0.717) is 38.2 Å². The highest BCUT2D eigenvalue weighted by Crippen LogP contribution is 2.33. The van der Waals surface area contributed by atoms with E-state index in [-0.39, 0.29) is 18.3 Å². The number of morpholine rings is 1. The molecule has 1 amide bonds. The highest BCUT2D eigenvalue weighted by atomic mass is 32.2. The number of ether oxygens (including phenoxy) is 1. The molecule has 2 aliphatic heterocycles. The third-order valence-corrected chi connectivity index (χ3v) is 6.38. The maximum absolute atomic E-state index is 12.1. The molecule has 3 heterocycles. The van der Waals surface area contributed by atoms with Crippen LogP contribution < -0.4 is 4.90 Å². The first-order chi connectivity index (χ1) is 11.0. The standard InChI is InChI=1S/C14H20N4O4S/c1-2-23(20,21)17-5-3-14(4-6-17)10-18(13(19)9-22-14)12-7-15-11-16-8-12/h7-8,11H,2-6,9-10H2,1H3. The molecule has 1 aromatic rings. The number of nitrogens with zero attached hydrogens (tertiary/aromatic N) is 4. The van der Waals surface area contributed by atoms with Crippen molar-refractivity contribution in [3.05, 3.63) is 18.7 Å². The lowest BCUT2D eigenvalue weighted by Gasteiger charge is -2.46. The lowest BCUT2D eigenvalue weighted by atomic mass is 9.90. The van der Waals surface area contributed by atoms with Crippen LogP contribution in [0.25, 0.3) is 0 Å². The minimum atomic E-state index is -3.18. The summed E-state index contributed by atoms with van der Waals surface area (Å²) in [5, 5.41) is 0. The summed E-state index contributed by atoms with van der Waals surface area (Å²) in [6, 6.07) is 0. The van der Waals surface area contributed by atoms with E-state index in [9.17, 15) is 13.2 Å². The van der Waals surface area contributed by atoms with Gasteiger partial charge in [-0.05, 0) is 19.8 Å². The molecule has 8 nitrogen and oxygen atoms in total. The summed E-state index contributed by atoms with van der Waals surface area (Å²) in [5.74, 6) is -0.0265. The molecule has 3 rings (SSSR count). The lowest BCUT2D eigenvalue weighted by molar-refractivity contribution is -0.143. The predicted octanol–water partition coefficient (Wildman–Crippen LogP) is 0.0241. The predicted molar refractivity (Wildman–Crippen MR) is 83.3 cm³/mol. The van der Waals surface area contributed by atoms with Crippen molar-refractivity contribution in [2.24, 2.45) is 0 Å². The molecule has 1 aromatic heterocycles. The SMILES string of the molecule is CCS(=O)(=O)N1CCC2(CC1)CN(c1cncnc1)C(=O)CO2. The van der Waals surface area contributed by atoms with Crippen LogP contribution in [0.1, 0.15) is 19.8 Å². The van der Waals surface area contributed by atoms with Crippen molar-refractivity contribution in [3.63, 3.8) is 0 Å². The number of anilines is 1. The summed E-state index contributed by atoms with van der Waals surface area (Å²) in [6.45, 7) is 2.88. The Bertz CT molecular complexity index is 671. The number of sulfonamides is 1. The largest absolute Gasteiger partial charge is 0.363 e. The first kappa shape index (κ1) is 16.3. The minimum absolute atomic E-state index is 0.00454. The fraction of sp³-hybridized carbons (Fsp3) is 0.643. The first-order valence-electron chi connectivity index (χ1n) is 7.63. The van der Waals surface area contributed by atoms with Gasteiger partial charge in [0.15, 0.2) is 0 Å². The molecule has 0 aromatic carbocycles. The highest BCUT2D eigenvalue weighted by Gasteiger charge is 2.44. The summed E-state index contributed by atoms with van der Waals surface area (Å²) < 4.78 is 31.3. The molecule has 0 unspecified atom stereocenters. The Labute approximate surface area is 135 Å². The smallest absolute Gasteiger partial charge is 0.253 e. The molecule has 2 fully saturated rings. The van der Waals surface area contributed by atoms with E-state index in [1.165, 1.54) is 10.6 Å². The minimum Gasteiger partial charge on any atom is -0.363 e. The van der Waals surface area contributed by atoms with Crippen molar-refractivity contribution in [2.75, 3.05) is 36.9 Å². The van der Waals surface area contributed by atoms with E-state index in [4.69, 9.17) is 4.74 Å². The van der Waals surface area contributed by atoms with Gasteiger partial charge in [0.25, 0.3) is 5.91 Å². The van der Waals surface area contributed by atoms with E-state index >= 15 is 0 Å². The monoisotopic (exact) mass is 340 g/mol. The summed E-state index contributed by atoms with van der Waals surface area (Å²) in [5.41, 5.74) is 0.146. The number of rotatable bonds is 3. The molecule has 0 N–H and O–H groups in total. The molecule has 0 atom stereocenters. The first-order valence-corrected chi connectivity index (χ1v) is 9.24. The fourth-order valence-corrected chi connectivity index (χ4v) is 4.14. The second-order valence-electron chi connectivity index (χ2n) is 5.85. The second-order valence-corrected chi connectivity index (χ2v) is 8.11. The number of piperidine rings is 1. The Hall–Kier alpha value is -1.58. The number of amides is 1. The summed E-state index contributed by atoms with van der Waals surface area (Å²) in [4.78, 5) is 21.7. The van der Waals surface area contributed by atoms with Crippen LogP contribution >= 0.6 is 0 Å². The van der Waals surface area contributed by atoms with Gasteiger partial charge in [-0.2, -0.15) is 0 Å². The number of carbonyl (C=O) groups excluding carboxylic acids is 1. The molecule has 126 valence electrons. The van der Waals surface area contributed by atoms with Crippen molar-refractivity contribution in [2.45, 2.75) is 25.4 Å². The molecule has 2 aliphatic rings. The Morgan fingerprint density at radius 2 is 1.91 bits per heavy atom. The van der Waals surface area contributed by atoms with Crippen LogP contribution in [0.3, 0.4) is 0 Å². The zero-order valence-corrected chi connectivity index (χ0v) is 13.8. The molecule has 9 heteroatoms. The number of hydrogen-bond acceptors (Lipinski definition) is 6. The van der Waals surface area contributed by atoms with Crippen LogP contribution in [0.2, 0.25) is 0 Å². The third-order valence-electron chi connectivity index (χ3n) is 4.50. The maximum atomic E-state index is 12.1. The van der Waals surface area contributed by atoms with Gasteiger partial charge in [0.1, 0.15) is 12.9 Å². The van der Waals surface area contributed by atoms with Crippen molar-refractivity contribution in [1.82, 2.24) is 14.3 Å². The average Bonchev–Trinajstić information content (AvgIpc) is 2.58. The van der Waals surface area contributed by atoms with E-state index in [1.807, 2.05) is 0 Å². The molecular weight excluding hydrogens is 320 g/mol. The van der Waals surface area contributed by atoms with Crippen LogP contribution in [0.15, 0.2) is 18.7 Å². The van der Waals surface area contributed by atoms with E-state index < -0.39 is 15.6 Å². The fourth-order valence-electron chi connectivity index (χ4n) is 3.04. The van der Waals surface area contributed by atoms with Crippen molar-refractivity contribution < 1.29 is 17.9 Å². The van der Waals surface area contributed by atoms with Gasteiger partial charge in [0, 0.05) is 13.1 Å². The maximum Gasteiger partial charge on any atom is 0.253 e. The normalized spacial score (nSPS) is 22.5. The summed E-state index contributed by atoms with van der Waals surface area (Å²) in [6.07, 6.45) is 5.76. The number of carbonyl (C=O) groups is 1. The van der Waals surface area contributed by atoms with Crippen molar-refractivity contribution >= 4 is 21.6 Å². The van der Waals surface area contributed by atoms with Crippen LogP contribution in [0.4, 0.5) is 5.69 Å². The van der Waals surface area contributed by atoms with E-state index in [1.54, 1.807) is 24.2 Å². The summed E-state index contributed by atoms with van der Waals surface area (Å²) in [7, 11) is -3.18. The van der Waals surface area contributed by atoms with Gasteiger partial charge in [-0.1, -0.05) is 0 Å². The zero-order valence-electron chi connectivity index (χ0n) is 13.0. The highest BCUT2D eigenvalue weighted by molar-refractivity contribution is 7.89. The Morgan fingerprint density at radius 3 is 2.52 bits per heavy atom. The molecule has 2 saturated heterocycles. The molecule has 1 spiro atoms. The molecule has 0 radical (unpaired) electrons. The Kier molecular flexibility index (Phi) is 4.35. The quantitative estimate of drug-likeness (QED) is 0.770. The molecule has 0 saturated carbocycles.